The number of nitrogens with two attached hydrogens (primary N) is 1. The third-order valence-electron chi connectivity index (χ3n) is 2.53. The minimum Gasteiger partial charge on any atom is -0.378 e. The van der Waals surface area contributed by atoms with E-state index in [9.17, 15) is 0 Å². The van der Waals surface area contributed by atoms with Gasteiger partial charge in [0, 0.05) is 13.1 Å². The fraction of sp³-hybridized carbons (Fsp3) is 0.818. The Morgan fingerprint density at radius 2 is 2.08 bits per heavy atom. The molecular formula is C11H22N2. The van der Waals surface area contributed by atoms with E-state index >= 15 is 0 Å². The quantitative estimate of drug-likeness (QED) is 0.660. The summed E-state index contributed by atoms with van der Waals surface area (Å²) in [5.74, 6) is 0. The van der Waals surface area contributed by atoms with Crippen molar-refractivity contribution in [3.63, 3.8) is 0 Å². The van der Waals surface area contributed by atoms with Crippen LogP contribution in [0.15, 0.2) is 12.3 Å². The molecule has 0 unspecified atom stereocenters. The molecule has 0 saturated heterocycles. The lowest BCUT2D eigenvalue weighted by molar-refractivity contribution is 0.362. The lowest BCUT2D eigenvalue weighted by atomic mass is 10.2. The Bertz CT molecular complexity index is 143. The molecule has 0 aromatic carbocycles. The van der Waals surface area contributed by atoms with Crippen molar-refractivity contribution in [3.05, 3.63) is 12.3 Å². The van der Waals surface area contributed by atoms with E-state index in [2.05, 4.69) is 17.2 Å². The number of unbranched alkanes of at least 4 members (excludes halogenated alkanes) is 2. The summed E-state index contributed by atoms with van der Waals surface area (Å²) >= 11 is 0. The van der Waals surface area contributed by atoms with E-state index in [1.165, 1.54) is 51.6 Å². The lowest BCUT2D eigenvalue weighted by Crippen LogP contribution is -2.19. The Morgan fingerprint density at radius 1 is 1.15 bits per heavy atom. The van der Waals surface area contributed by atoms with E-state index < -0.39 is 0 Å². The molecule has 1 aliphatic heterocycles. The van der Waals surface area contributed by atoms with Crippen molar-refractivity contribution in [2.24, 2.45) is 5.73 Å². The number of hydrogen-bond acceptors (Lipinski definition) is 2. The van der Waals surface area contributed by atoms with Crippen molar-refractivity contribution in [1.29, 1.82) is 0 Å². The fourth-order valence-electron chi connectivity index (χ4n) is 1.70. The molecule has 0 radical (unpaired) electrons. The first-order valence-electron chi connectivity index (χ1n) is 5.54. The molecule has 0 saturated carbocycles. The fourth-order valence-corrected chi connectivity index (χ4v) is 1.70. The van der Waals surface area contributed by atoms with Gasteiger partial charge in [-0.1, -0.05) is 12.5 Å². The van der Waals surface area contributed by atoms with Crippen molar-refractivity contribution >= 4 is 0 Å². The molecule has 13 heavy (non-hydrogen) atoms. The van der Waals surface area contributed by atoms with Crippen molar-refractivity contribution in [2.75, 3.05) is 19.6 Å². The van der Waals surface area contributed by atoms with Crippen LogP contribution in [0.3, 0.4) is 0 Å². The molecule has 0 spiro atoms. The highest BCUT2D eigenvalue weighted by atomic mass is 15.1. The van der Waals surface area contributed by atoms with Crippen LogP contribution < -0.4 is 5.73 Å². The van der Waals surface area contributed by atoms with Crippen molar-refractivity contribution in [2.45, 2.75) is 38.5 Å². The molecule has 0 bridgehead atoms. The van der Waals surface area contributed by atoms with Gasteiger partial charge < -0.3 is 10.6 Å². The second-order valence-electron chi connectivity index (χ2n) is 3.77. The number of allylic oxidation sites excluding steroid dienone is 1. The standard InChI is InChI=1S/C11H22N2/c12-8-4-3-7-11-13-9-5-1-2-6-10-13/h5,9H,1-4,6-8,10-12H2. The van der Waals surface area contributed by atoms with Crippen LogP contribution >= 0.6 is 0 Å². The zero-order chi connectivity index (χ0) is 9.36. The number of nitrogens with zero attached hydrogens (tertiary/aromatic N) is 1. The first-order chi connectivity index (χ1) is 6.43. The molecule has 1 rings (SSSR count). The van der Waals surface area contributed by atoms with E-state index in [1.54, 1.807) is 0 Å². The minimum absolute atomic E-state index is 0.843. The maximum Gasteiger partial charge on any atom is 0.0172 e. The van der Waals surface area contributed by atoms with E-state index in [-0.39, 0.29) is 0 Å². The third-order valence-corrected chi connectivity index (χ3v) is 2.53. The molecule has 0 atom stereocenters. The molecule has 1 heterocycles. The van der Waals surface area contributed by atoms with E-state index in [1.807, 2.05) is 0 Å². The van der Waals surface area contributed by atoms with Crippen LogP contribution in [0.1, 0.15) is 38.5 Å². The molecule has 0 aromatic heterocycles. The van der Waals surface area contributed by atoms with Gasteiger partial charge in [0.2, 0.25) is 0 Å². The highest BCUT2D eigenvalue weighted by Crippen LogP contribution is 2.08. The summed E-state index contributed by atoms with van der Waals surface area (Å²) in [5, 5.41) is 0. The summed E-state index contributed by atoms with van der Waals surface area (Å²) in [6, 6.07) is 0. The minimum atomic E-state index is 0.843. The Labute approximate surface area is 81.8 Å². The number of rotatable bonds is 5. The SMILES string of the molecule is NCCCCCN1C=CCCCC1. The molecule has 2 N–H and O–H groups in total. The van der Waals surface area contributed by atoms with Gasteiger partial charge in [-0.15, -0.1) is 0 Å². The second kappa shape index (κ2) is 6.96. The van der Waals surface area contributed by atoms with E-state index in [0.717, 1.165) is 6.54 Å². The average Bonchev–Trinajstić information content (AvgIpc) is 2.41. The Hall–Kier alpha value is -0.500. The number of hydrogen-bond donors (Lipinski definition) is 1. The van der Waals surface area contributed by atoms with Crippen LogP contribution in [0.4, 0.5) is 0 Å². The maximum absolute atomic E-state index is 5.45. The molecule has 0 fully saturated rings. The molecule has 0 aliphatic carbocycles. The van der Waals surface area contributed by atoms with Crippen LogP contribution in [0, 0.1) is 0 Å². The summed E-state index contributed by atoms with van der Waals surface area (Å²) in [4.78, 5) is 2.45. The third kappa shape index (κ3) is 4.94. The van der Waals surface area contributed by atoms with Crippen LogP contribution in [0.25, 0.3) is 0 Å². The molecule has 2 nitrogen and oxygen atoms in total. The normalized spacial score (nSPS) is 17.5. The molecule has 1 aliphatic rings. The summed E-state index contributed by atoms with van der Waals surface area (Å²) in [5.41, 5.74) is 5.45. The average molecular weight is 182 g/mol. The maximum atomic E-state index is 5.45. The van der Waals surface area contributed by atoms with Gasteiger partial charge in [0.25, 0.3) is 0 Å². The smallest absolute Gasteiger partial charge is 0.0172 e. The highest BCUT2D eigenvalue weighted by Gasteiger charge is 2.01. The van der Waals surface area contributed by atoms with Gasteiger partial charge in [-0.05, 0) is 44.8 Å². The summed E-state index contributed by atoms with van der Waals surface area (Å²) in [6.45, 7) is 3.31. The van der Waals surface area contributed by atoms with Gasteiger partial charge in [-0.3, -0.25) is 0 Å². The summed E-state index contributed by atoms with van der Waals surface area (Å²) in [7, 11) is 0. The van der Waals surface area contributed by atoms with Crippen LogP contribution in [-0.4, -0.2) is 24.5 Å². The van der Waals surface area contributed by atoms with Crippen LogP contribution in [-0.2, 0) is 0 Å². The predicted molar refractivity (Wildman–Crippen MR) is 57.5 cm³/mol. The van der Waals surface area contributed by atoms with Crippen molar-refractivity contribution in [3.8, 4) is 0 Å². The molecular weight excluding hydrogens is 160 g/mol. The van der Waals surface area contributed by atoms with Crippen LogP contribution in [0.2, 0.25) is 0 Å². The zero-order valence-electron chi connectivity index (χ0n) is 8.54. The van der Waals surface area contributed by atoms with Gasteiger partial charge in [-0.2, -0.15) is 0 Å². The molecule has 76 valence electrons. The van der Waals surface area contributed by atoms with Gasteiger partial charge >= 0.3 is 0 Å². The first-order valence-corrected chi connectivity index (χ1v) is 5.54. The van der Waals surface area contributed by atoms with E-state index in [4.69, 9.17) is 5.73 Å². The first kappa shape index (κ1) is 10.6. The second-order valence-corrected chi connectivity index (χ2v) is 3.77. The Balaban J connectivity index is 2.05. The lowest BCUT2D eigenvalue weighted by Gasteiger charge is -2.18. The van der Waals surface area contributed by atoms with Gasteiger partial charge in [-0.25, -0.2) is 0 Å². The van der Waals surface area contributed by atoms with E-state index in [0.29, 0.717) is 0 Å². The van der Waals surface area contributed by atoms with Crippen molar-refractivity contribution < 1.29 is 0 Å². The monoisotopic (exact) mass is 182 g/mol. The van der Waals surface area contributed by atoms with Crippen LogP contribution in [0.5, 0.6) is 0 Å². The topological polar surface area (TPSA) is 29.3 Å². The van der Waals surface area contributed by atoms with Gasteiger partial charge in [0.15, 0.2) is 0 Å². The largest absolute Gasteiger partial charge is 0.378 e. The Kier molecular flexibility index (Phi) is 5.66. The highest BCUT2D eigenvalue weighted by molar-refractivity contribution is 4.85. The predicted octanol–water partition coefficient (Wildman–Crippen LogP) is 2.12. The van der Waals surface area contributed by atoms with Crippen molar-refractivity contribution in [1.82, 2.24) is 4.90 Å². The van der Waals surface area contributed by atoms with Gasteiger partial charge in [0.1, 0.15) is 0 Å². The zero-order valence-corrected chi connectivity index (χ0v) is 8.54. The Morgan fingerprint density at radius 3 is 2.92 bits per heavy atom. The molecule has 0 amide bonds. The summed E-state index contributed by atoms with van der Waals surface area (Å²) in [6.07, 6.45) is 12.3. The van der Waals surface area contributed by atoms with Gasteiger partial charge in [0.05, 0.1) is 0 Å². The summed E-state index contributed by atoms with van der Waals surface area (Å²) < 4.78 is 0. The molecule has 2 heteroatoms. The molecule has 0 aromatic rings.